The Labute approximate surface area is 108 Å². The quantitative estimate of drug-likeness (QED) is 0.892. The molecule has 0 bridgehead atoms. The van der Waals surface area contributed by atoms with Crippen LogP contribution in [0.25, 0.3) is 10.8 Å². The molecule has 0 fully saturated rings. The molecule has 0 aliphatic heterocycles. The molecule has 0 radical (unpaired) electrons. The summed E-state index contributed by atoms with van der Waals surface area (Å²) in [5.41, 5.74) is 3.93. The molecule has 2 heteroatoms. The average molecular weight is 241 g/mol. The van der Waals surface area contributed by atoms with E-state index in [9.17, 15) is 5.11 Å². The molecule has 3 rings (SSSR count). The molecule has 0 amide bonds. The average Bonchev–Trinajstić information content (AvgIpc) is 2.74. The van der Waals surface area contributed by atoms with Gasteiger partial charge in [0.25, 0.3) is 0 Å². The van der Waals surface area contributed by atoms with Crippen LogP contribution in [0, 0.1) is 0 Å². The van der Waals surface area contributed by atoms with Crippen molar-refractivity contribution in [2.45, 2.75) is 18.9 Å². The van der Waals surface area contributed by atoms with Gasteiger partial charge < -0.3 is 10.0 Å². The number of hydrogen-bond donors (Lipinski definition) is 1. The first kappa shape index (κ1) is 11.7. The Balaban J connectivity index is 2.14. The molecule has 94 valence electrons. The van der Waals surface area contributed by atoms with Gasteiger partial charge in [-0.2, -0.15) is 0 Å². The lowest BCUT2D eigenvalue weighted by molar-refractivity contribution is 0.140. The van der Waals surface area contributed by atoms with E-state index in [0.29, 0.717) is 6.54 Å². The van der Waals surface area contributed by atoms with Crippen molar-refractivity contribution < 1.29 is 5.11 Å². The number of likely N-dealkylation sites (N-methyl/N-ethyl adjacent to an activating group) is 1. The second-order valence-electron chi connectivity index (χ2n) is 5.43. The van der Waals surface area contributed by atoms with Crippen LogP contribution in [0.2, 0.25) is 0 Å². The van der Waals surface area contributed by atoms with E-state index in [4.69, 9.17) is 0 Å². The van der Waals surface area contributed by atoms with Crippen LogP contribution in [0.1, 0.15) is 22.8 Å². The first-order chi connectivity index (χ1) is 8.66. The maximum atomic E-state index is 10.3. The van der Waals surface area contributed by atoms with E-state index in [2.05, 4.69) is 30.3 Å². The lowest BCUT2D eigenvalue weighted by Gasteiger charge is -2.18. The monoisotopic (exact) mass is 241 g/mol. The Morgan fingerprint density at radius 3 is 2.56 bits per heavy atom. The highest BCUT2D eigenvalue weighted by molar-refractivity contribution is 5.93. The van der Waals surface area contributed by atoms with Crippen LogP contribution in [0.5, 0.6) is 0 Å². The molecule has 0 saturated heterocycles. The number of aryl methyl sites for hydroxylation is 2. The van der Waals surface area contributed by atoms with E-state index in [1.54, 1.807) is 0 Å². The fraction of sp³-hybridized carbons (Fsp3) is 0.375. The normalized spacial score (nSPS) is 15.6. The summed E-state index contributed by atoms with van der Waals surface area (Å²) in [6, 6.07) is 10.7. The molecular weight excluding hydrogens is 222 g/mol. The summed E-state index contributed by atoms with van der Waals surface area (Å²) in [4.78, 5) is 2.02. The third-order valence-electron chi connectivity index (χ3n) is 3.81. The summed E-state index contributed by atoms with van der Waals surface area (Å²) in [7, 11) is 3.98. The molecule has 1 atom stereocenters. The van der Waals surface area contributed by atoms with Gasteiger partial charge in [0.15, 0.2) is 0 Å². The fourth-order valence-corrected chi connectivity index (χ4v) is 3.00. The third-order valence-corrected chi connectivity index (χ3v) is 3.81. The summed E-state index contributed by atoms with van der Waals surface area (Å²) in [6.07, 6.45) is 1.87. The predicted molar refractivity (Wildman–Crippen MR) is 74.9 cm³/mol. The van der Waals surface area contributed by atoms with Gasteiger partial charge in [0.05, 0.1) is 6.10 Å². The molecule has 2 aromatic rings. The van der Waals surface area contributed by atoms with Crippen LogP contribution >= 0.6 is 0 Å². The minimum Gasteiger partial charge on any atom is -0.387 e. The van der Waals surface area contributed by atoms with Gasteiger partial charge in [-0.05, 0) is 54.4 Å². The molecule has 2 aromatic carbocycles. The van der Waals surface area contributed by atoms with Crippen molar-refractivity contribution in [3.8, 4) is 0 Å². The van der Waals surface area contributed by atoms with Crippen molar-refractivity contribution in [2.75, 3.05) is 20.6 Å². The van der Waals surface area contributed by atoms with Gasteiger partial charge in [0.1, 0.15) is 0 Å². The molecule has 0 spiro atoms. The number of aliphatic hydroxyl groups excluding tert-OH is 1. The topological polar surface area (TPSA) is 23.5 Å². The standard InChI is InChI=1S/C16H19NO/c1-17(2)10-15(18)13-9-8-12-7-6-11-4-3-5-14(13)16(11)12/h3-5,8-9,15,18H,6-7,10H2,1-2H3/t15-/m0/s1. The molecule has 0 heterocycles. The lowest BCUT2D eigenvalue weighted by atomic mass is 9.96. The molecule has 0 unspecified atom stereocenters. The molecular formula is C16H19NO. The highest BCUT2D eigenvalue weighted by Crippen LogP contribution is 2.34. The van der Waals surface area contributed by atoms with Gasteiger partial charge in [-0.3, -0.25) is 0 Å². The van der Waals surface area contributed by atoms with Gasteiger partial charge in [-0.25, -0.2) is 0 Å². The largest absolute Gasteiger partial charge is 0.387 e. The van der Waals surface area contributed by atoms with Crippen LogP contribution in [0.15, 0.2) is 30.3 Å². The predicted octanol–water partition coefficient (Wildman–Crippen LogP) is 2.53. The van der Waals surface area contributed by atoms with Crippen LogP contribution < -0.4 is 0 Å². The van der Waals surface area contributed by atoms with Crippen molar-refractivity contribution in [3.63, 3.8) is 0 Å². The molecule has 0 saturated carbocycles. The van der Waals surface area contributed by atoms with Gasteiger partial charge in [0.2, 0.25) is 0 Å². The van der Waals surface area contributed by atoms with Crippen LogP contribution in [-0.2, 0) is 12.8 Å². The summed E-state index contributed by atoms with van der Waals surface area (Å²) < 4.78 is 0. The van der Waals surface area contributed by atoms with Crippen molar-refractivity contribution in [2.24, 2.45) is 0 Å². The van der Waals surface area contributed by atoms with Crippen LogP contribution in [-0.4, -0.2) is 30.6 Å². The Morgan fingerprint density at radius 2 is 1.83 bits per heavy atom. The minimum atomic E-state index is -0.412. The Bertz CT molecular complexity index is 579. The highest BCUT2D eigenvalue weighted by Gasteiger charge is 2.19. The Hall–Kier alpha value is -1.38. The molecule has 2 nitrogen and oxygen atoms in total. The van der Waals surface area contributed by atoms with E-state index < -0.39 is 6.10 Å². The van der Waals surface area contributed by atoms with Crippen molar-refractivity contribution >= 4 is 10.8 Å². The summed E-state index contributed by atoms with van der Waals surface area (Å²) in [5.74, 6) is 0. The van der Waals surface area contributed by atoms with E-state index in [0.717, 1.165) is 18.4 Å². The second kappa shape index (κ2) is 4.38. The first-order valence-electron chi connectivity index (χ1n) is 6.53. The molecule has 18 heavy (non-hydrogen) atoms. The number of aliphatic hydroxyl groups is 1. The zero-order chi connectivity index (χ0) is 12.7. The van der Waals surface area contributed by atoms with Crippen LogP contribution in [0.3, 0.4) is 0 Å². The summed E-state index contributed by atoms with van der Waals surface area (Å²) >= 11 is 0. The minimum absolute atomic E-state index is 0.412. The van der Waals surface area contributed by atoms with Gasteiger partial charge >= 0.3 is 0 Å². The molecule has 1 N–H and O–H groups in total. The number of benzene rings is 2. The zero-order valence-corrected chi connectivity index (χ0v) is 11.0. The van der Waals surface area contributed by atoms with E-state index >= 15 is 0 Å². The molecule has 0 aromatic heterocycles. The maximum absolute atomic E-state index is 10.3. The van der Waals surface area contributed by atoms with Crippen molar-refractivity contribution in [3.05, 3.63) is 47.0 Å². The Morgan fingerprint density at radius 1 is 1.11 bits per heavy atom. The Kier molecular flexibility index (Phi) is 2.84. The molecule has 1 aliphatic carbocycles. The SMILES string of the molecule is CN(C)C[C@H](O)c1ccc2c3c(cccc13)CC2. The zero-order valence-electron chi connectivity index (χ0n) is 11.0. The van der Waals surface area contributed by atoms with Crippen molar-refractivity contribution in [1.29, 1.82) is 0 Å². The molecule has 1 aliphatic rings. The third kappa shape index (κ3) is 1.82. The van der Waals surface area contributed by atoms with Crippen molar-refractivity contribution in [1.82, 2.24) is 4.90 Å². The first-order valence-corrected chi connectivity index (χ1v) is 6.53. The van der Waals surface area contributed by atoms with Gasteiger partial charge in [-0.1, -0.05) is 30.3 Å². The van der Waals surface area contributed by atoms with E-state index in [-0.39, 0.29) is 0 Å². The summed E-state index contributed by atoms with van der Waals surface area (Å²) in [5, 5.41) is 13.0. The van der Waals surface area contributed by atoms with Gasteiger partial charge in [-0.15, -0.1) is 0 Å². The van der Waals surface area contributed by atoms with E-state index in [1.807, 2.05) is 19.0 Å². The number of hydrogen-bond acceptors (Lipinski definition) is 2. The highest BCUT2D eigenvalue weighted by atomic mass is 16.3. The smallest absolute Gasteiger partial charge is 0.0922 e. The fourth-order valence-electron chi connectivity index (χ4n) is 3.00. The second-order valence-corrected chi connectivity index (χ2v) is 5.43. The maximum Gasteiger partial charge on any atom is 0.0922 e. The van der Waals surface area contributed by atoms with E-state index in [1.165, 1.54) is 21.9 Å². The lowest BCUT2D eigenvalue weighted by Crippen LogP contribution is -2.20. The van der Waals surface area contributed by atoms with Crippen LogP contribution in [0.4, 0.5) is 0 Å². The number of nitrogens with zero attached hydrogens (tertiary/aromatic N) is 1. The summed E-state index contributed by atoms with van der Waals surface area (Å²) in [6.45, 7) is 0.665. The number of rotatable bonds is 3. The van der Waals surface area contributed by atoms with Gasteiger partial charge in [0, 0.05) is 6.54 Å².